The first-order valence-electron chi connectivity index (χ1n) is 9.41. The molecule has 0 bridgehead atoms. The van der Waals surface area contributed by atoms with Gasteiger partial charge >= 0.3 is 6.36 Å². The highest BCUT2D eigenvalue weighted by atomic mass is 35.5. The van der Waals surface area contributed by atoms with Gasteiger partial charge in [0.05, 0.1) is 11.3 Å². The molecule has 3 rings (SSSR count). The van der Waals surface area contributed by atoms with Crippen molar-refractivity contribution in [3.05, 3.63) is 65.3 Å². The van der Waals surface area contributed by atoms with Crippen LogP contribution < -0.4 is 10.1 Å². The third-order valence-corrected chi connectivity index (χ3v) is 4.34. The summed E-state index contributed by atoms with van der Waals surface area (Å²) in [5.74, 6) is -0.724. The average molecular weight is 466 g/mol. The van der Waals surface area contributed by atoms with Gasteiger partial charge in [0.15, 0.2) is 5.82 Å². The Hall–Kier alpha value is -3.17. The molecule has 2 aromatic carbocycles. The Labute approximate surface area is 187 Å². The van der Waals surface area contributed by atoms with E-state index in [-0.39, 0.29) is 23.8 Å². The second kappa shape index (κ2) is 9.13. The van der Waals surface area contributed by atoms with Crippen molar-refractivity contribution in [1.82, 2.24) is 15.3 Å². The number of nitrogens with zero attached hydrogens (tertiary/aromatic N) is 2. The molecule has 1 amide bonds. The van der Waals surface area contributed by atoms with E-state index in [4.69, 9.17) is 11.6 Å². The van der Waals surface area contributed by atoms with Crippen molar-refractivity contribution >= 4 is 17.5 Å². The van der Waals surface area contributed by atoms with Crippen LogP contribution in [0, 0.1) is 0 Å². The van der Waals surface area contributed by atoms with Crippen LogP contribution in [0.3, 0.4) is 0 Å². The van der Waals surface area contributed by atoms with Crippen molar-refractivity contribution in [3.63, 3.8) is 0 Å². The summed E-state index contributed by atoms with van der Waals surface area (Å²) in [7, 11) is 0. The highest BCUT2D eigenvalue weighted by molar-refractivity contribution is 6.30. The molecular weight excluding hydrogens is 447 g/mol. The summed E-state index contributed by atoms with van der Waals surface area (Å²) in [4.78, 5) is 21.4. The molecule has 32 heavy (non-hydrogen) atoms. The van der Waals surface area contributed by atoms with Crippen LogP contribution in [0.15, 0.2) is 54.6 Å². The number of rotatable bonds is 6. The molecule has 6 nitrogen and oxygen atoms in total. The van der Waals surface area contributed by atoms with Crippen LogP contribution in [0.5, 0.6) is 5.75 Å². The zero-order valence-corrected chi connectivity index (χ0v) is 17.8. The predicted octanol–water partition coefficient (Wildman–Crippen LogP) is 4.86. The molecule has 0 unspecified atom stereocenters. The van der Waals surface area contributed by atoms with Crippen molar-refractivity contribution < 1.29 is 27.8 Å². The molecule has 168 valence electrons. The van der Waals surface area contributed by atoms with Gasteiger partial charge in [-0.2, -0.15) is 0 Å². The third-order valence-electron chi connectivity index (χ3n) is 4.11. The number of nitrogens with one attached hydrogen (secondary N) is 1. The van der Waals surface area contributed by atoms with Gasteiger partial charge in [-0.3, -0.25) is 4.79 Å². The fraction of sp³-hybridized carbons (Fsp3) is 0.227. The van der Waals surface area contributed by atoms with E-state index in [2.05, 4.69) is 20.0 Å². The standard InChI is InChI=1S/C22H19ClF3N3O3/c1-21(2,31)12-27-20(30)18-11-17(13-6-8-16(9-7-13)32-22(24,25)26)28-19(29-18)14-4-3-5-15(23)10-14/h3-11,31H,12H2,1-2H3,(H,27,30). The van der Waals surface area contributed by atoms with E-state index < -0.39 is 17.9 Å². The number of alkyl halides is 3. The van der Waals surface area contributed by atoms with Gasteiger partial charge in [-0.1, -0.05) is 23.7 Å². The zero-order chi connectivity index (χ0) is 23.5. The van der Waals surface area contributed by atoms with Gasteiger partial charge in [0.2, 0.25) is 0 Å². The number of hydrogen-bond donors (Lipinski definition) is 2. The molecular formula is C22H19ClF3N3O3. The lowest BCUT2D eigenvalue weighted by Gasteiger charge is -2.17. The van der Waals surface area contributed by atoms with Crippen LogP contribution in [0.1, 0.15) is 24.3 Å². The molecule has 0 atom stereocenters. The summed E-state index contributed by atoms with van der Waals surface area (Å²) in [6.45, 7) is 3.07. The van der Waals surface area contributed by atoms with Gasteiger partial charge in [0, 0.05) is 22.7 Å². The second-order valence-electron chi connectivity index (χ2n) is 7.54. The SMILES string of the molecule is CC(C)(O)CNC(=O)c1cc(-c2ccc(OC(F)(F)F)cc2)nc(-c2cccc(Cl)c2)n1. The zero-order valence-electron chi connectivity index (χ0n) is 17.1. The van der Waals surface area contributed by atoms with E-state index in [1.165, 1.54) is 18.2 Å². The lowest BCUT2D eigenvalue weighted by molar-refractivity contribution is -0.274. The average Bonchev–Trinajstić information content (AvgIpc) is 2.70. The van der Waals surface area contributed by atoms with Crippen LogP contribution in [0.2, 0.25) is 5.02 Å². The normalized spacial score (nSPS) is 11.8. The fourth-order valence-corrected chi connectivity index (χ4v) is 2.87. The Bertz CT molecular complexity index is 1110. The van der Waals surface area contributed by atoms with Crippen LogP contribution >= 0.6 is 11.6 Å². The molecule has 0 spiro atoms. The van der Waals surface area contributed by atoms with Crippen LogP contribution in [0.4, 0.5) is 13.2 Å². The number of ether oxygens (including phenoxy) is 1. The molecule has 0 radical (unpaired) electrons. The minimum Gasteiger partial charge on any atom is -0.406 e. The molecule has 0 aliphatic rings. The summed E-state index contributed by atoms with van der Waals surface area (Å²) >= 11 is 6.06. The lowest BCUT2D eigenvalue weighted by atomic mass is 10.1. The van der Waals surface area contributed by atoms with Crippen LogP contribution in [-0.4, -0.2) is 39.5 Å². The fourth-order valence-electron chi connectivity index (χ4n) is 2.68. The van der Waals surface area contributed by atoms with E-state index in [9.17, 15) is 23.1 Å². The number of halogens is 4. The summed E-state index contributed by atoms with van der Waals surface area (Å²) in [6.07, 6.45) is -4.80. The minimum atomic E-state index is -4.80. The Balaban J connectivity index is 2.01. The maximum atomic E-state index is 12.7. The van der Waals surface area contributed by atoms with E-state index in [0.29, 0.717) is 21.8 Å². The van der Waals surface area contributed by atoms with Gasteiger partial charge in [-0.05, 0) is 56.3 Å². The van der Waals surface area contributed by atoms with Crippen molar-refractivity contribution in [2.75, 3.05) is 6.54 Å². The van der Waals surface area contributed by atoms with E-state index >= 15 is 0 Å². The first-order valence-corrected chi connectivity index (χ1v) is 9.79. The Morgan fingerprint density at radius 1 is 1.06 bits per heavy atom. The molecule has 0 aliphatic heterocycles. The molecule has 0 aliphatic carbocycles. The van der Waals surface area contributed by atoms with Gasteiger partial charge in [-0.25, -0.2) is 9.97 Å². The predicted molar refractivity (Wildman–Crippen MR) is 113 cm³/mol. The monoisotopic (exact) mass is 465 g/mol. The quantitative estimate of drug-likeness (QED) is 0.543. The number of aliphatic hydroxyl groups is 1. The first-order chi connectivity index (χ1) is 14.9. The minimum absolute atomic E-state index is 0.0128. The van der Waals surface area contributed by atoms with Crippen molar-refractivity contribution in [3.8, 4) is 28.4 Å². The molecule has 0 saturated heterocycles. The van der Waals surface area contributed by atoms with E-state index in [1.54, 1.807) is 38.1 Å². The molecule has 3 aromatic rings. The van der Waals surface area contributed by atoms with Crippen LogP contribution in [0.25, 0.3) is 22.6 Å². The maximum absolute atomic E-state index is 12.7. The Morgan fingerprint density at radius 2 is 1.75 bits per heavy atom. The molecule has 2 N–H and O–H groups in total. The number of carbonyl (C=O) groups excluding carboxylic acids is 1. The largest absolute Gasteiger partial charge is 0.573 e. The molecule has 0 fully saturated rings. The third kappa shape index (κ3) is 6.66. The number of benzene rings is 2. The second-order valence-corrected chi connectivity index (χ2v) is 7.98. The number of amides is 1. The van der Waals surface area contributed by atoms with Crippen LogP contribution in [-0.2, 0) is 0 Å². The lowest BCUT2D eigenvalue weighted by Crippen LogP contribution is -2.38. The molecule has 1 aromatic heterocycles. The highest BCUT2D eigenvalue weighted by Gasteiger charge is 2.31. The van der Waals surface area contributed by atoms with Crippen molar-refractivity contribution in [1.29, 1.82) is 0 Å². The summed E-state index contributed by atoms with van der Waals surface area (Å²) in [6, 6.07) is 13.2. The molecule has 0 saturated carbocycles. The van der Waals surface area contributed by atoms with E-state index in [1.807, 2.05) is 0 Å². The number of hydrogen-bond acceptors (Lipinski definition) is 5. The number of aromatic nitrogens is 2. The first kappa shape index (κ1) is 23.5. The molecule has 1 heterocycles. The Morgan fingerprint density at radius 3 is 2.34 bits per heavy atom. The van der Waals surface area contributed by atoms with Gasteiger partial charge in [-0.15, -0.1) is 13.2 Å². The smallest absolute Gasteiger partial charge is 0.406 e. The Kier molecular flexibility index (Phi) is 6.71. The van der Waals surface area contributed by atoms with Gasteiger partial charge in [0.25, 0.3) is 5.91 Å². The van der Waals surface area contributed by atoms with Crippen molar-refractivity contribution in [2.24, 2.45) is 0 Å². The maximum Gasteiger partial charge on any atom is 0.573 e. The molecule has 10 heteroatoms. The van der Waals surface area contributed by atoms with Gasteiger partial charge < -0.3 is 15.2 Å². The summed E-state index contributed by atoms with van der Waals surface area (Å²) in [5.41, 5.74) is 0.191. The van der Waals surface area contributed by atoms with Crippen molar-refractivity contribution in [2.45, 2.75) is 25.8 Å². The topological polar surface area (TPSA) is 84.3 Å². The number of carbonyl (C=O) groups is 1. The summed E-state index contributed by atoms with van der Waals surface area (Å²) < 4.78 is 41.2. The van der Waals surface area contributed by atoms with E-state index in [0.717, 1.165) is 12.1 Å². The van der Waals surface area contributed by atoms with Gasteiger partial charge in [0.1, 0.15) is 11.4 Å². The highest BCUT2D eigenvalue weighted by Crippen LogP contribution is 2.28. The summed E-state index contributed by atoms with van der Waals surface area (Å²) in [5, 5.41) is 12.9.